The maximum absolute atomic E-state index is 12.3. The Balaban J connectivity index is 1.37. The summed E-state index contributed by atoms with van der Waals surface area (Å²) in [6.45, 7) is 2.86. The Labute approximate surface area is 165 Å². The van der Waals surface area contributed by atoms with Gasteiger partial charge in [-0.2, -0.15) is 0 Å². The second-order valence-corrected chi connectivity index (χ2v) is 6.76. The lowest BCUT2D eigenvalue weighted by Gasteiger charge is -2.27. The van der Waals surface area contributed by atoms with E-state index in [-0.39, 0.29) is 0 Å². The molecule has 4 rings (SSSR count). The number of ether oxygens (including phenoxy) is 1. The second kappa shape index (κ2) is 7.87. The normalized spacial score (nSPS) is 14.1. The van der Waals surface area contributed by atoms with E-state index in [1.54, 1.807) is 36.4 Å². The Kier molecular flexibility index (Phi) is 5.14. The molecule has 0 radical (unpaired) electrons. The van der Waals surface area contributed by atoms with Crippen molar-refractivity contribution in [3.05, 3.63) is 58.9 Å². The number of hydrogen-bond donors (Lipinski definition) is 3. The fourth-order valence-electron chi connectivity index (χ4n) is 2.98. The van der Waals surface area contributed by atoms with Crippen molar-refractivity contribution in [2.24, 2.45) is 0 Å². The van der Waals surface area contributed by atoms with Gasteiger partial charge in [0.05, 0.1) is 18.8 Å². The maximum atomic E-state index is 12.3. The van der Waals surface area contributed by atoms with Gasteiger partial charge in [0, 0.05) is 35.2 Å². The van der Waals surface area contributed by atoms with Crippen LogP contribution in [0.1, 0.15) is 20.8 Å². The van der Waals surface area contributed by atoms with Gasteiger partial charge in [0.2, 0.25) is 0 Å². The molecule has 3 N–H and O–H groups in total. The maximum Gasteiger partial charge on any atom is 0.286 e. The van der Waals surface area contributed by atoms with E-state index in [2.05, 4.69) is 25.7 Å². The molecule has 2 amide bonds. The number of nitrogens with zero attached hydrogens (tertiary/aromatic N) is 2. The van der Waals surface area contributed by atoms with Crippen molar-refractivity contribution in [2.75, 3.05) is 31.2 Å². The van der Waals surface area contributed by atoms with E-state index in [0.29, 0.717) is 29.5 Å². The number of halogens is 1. The standard InChI is InChI=1S/C19H18ClN5O3/c20-14-2-3-15-13(9-14)10-16(22-15)19(27)24-23-18(26)12-1-4-17(21-11-12)25-5-7-28-8-6-25/h1-4,9-11,22H,5-8H2,(H,23,26)(H,24,27). The van der Waals surface area contributed by atoms with E-state index in [9.17, 15) is 9.59 Å². The van der Waals surface area contributed by atoms with Crippen molar-refractivity contribution in [1.82, 2.24) is 20.8 Å². The number of rotatable bonds is 3. The topological polar surface area (TPSA) is 99.4 Å². The van der Waals surface area contributed by atoms with Crippen molar-refractivity contribution in [2.45, 2.75) is 0 Å². The molecule has 0 saturated carbocycles. The number of hydrazine groups is 1. The number of aromatic nitrogens is 2. The zero-order valence-corrected chi connectivity index (χ0v) is 15.6. The highest BCUT2D eigenvalue weighted by Crippen LogP contribution is 2.20. The highest BCUT2D eigenvalue weighted by atomic mass is 35.5. The third-order valence-corrected chi connectivity index (χ3v) is 4.70. The molecule has 0 spiro atoms. The van der Waals surface area contributed by atoms with Crippen LogP contribution in [-0.4, -0.2) is 48.1 Å². The first kappa shape index (κ1) is 18.3. The van der Waals surface area contributed by atoms with Gasteiger partial charge in [-0.15, -0.1) is 0 Å². The quantitative estimate of drug-likeness (QED) is 0.586. The second-order valence-electron chi connectivity index (χ2n) is 6.33. The van der Waals surface area contributed by atoms with Gasteiger partial charge in [0.1, 0.15) is 11.5 Å². The summed E-state index contributed by atoms with van der Waals surface area (Å²) in [6.07, 6.45) is 1.48. The van der Waals surface area contributed by atoms with Crippen LogP contribution in [0, 0.1) is 0 Å². The Morgan fingerprint density at radius 2 is 1.86 bits per heavy atom. The summed E-state index contributed by atoms with van der Waals surface area (Å²) >= 11 is 5.95. The summed E-state index contributed by atoms with van der Waals surface area (Å²) in [4.78, 5) is 33.9. The highest BCUT2D eigenvalue weighted by Gasteiger charge is 2.15. The zero-order chi connectivity index (χ0) is 19.5. The number of hydrogen-bond acceptors (Lipinski definition) is 5. The smallest absolute Gasteiger partial charge is 0.286 e. The first-order valence-corrected chi connectivity index (χ1v) is 9.16. The van der Waals surface area contributed by atoms with Gasteiger partial charge in [-0.3, -0.25) is 20.4 Å². The lowest BCUT2D eigenvalue weighted by atomic mass is 10.2. The van der Waals surface area contributed by atoms with E-state index in [1.807, 2.05) is 0 Å². The molecule has 0 atom stereocenters. The average Bonchev–Trinajstić information content (AvgIpc) is 3.16. The molecule has 1 aliphatic rings. The number of pyridine rings is 1. The number of nitrogens with one attached hydrogen (secondary N) is 3. The van der Waals surface area contributed by atoms with E-state index in [1.165, 1.54) is 6.20 Å². The molecule has 2 aromatic heterocycles. The third-order valence-electron chi connectivity index (χ3n) is 4.46. The van der Waals surface area contributed by atoms with Gasteiger partial charge in [0.25, 0.3) is 11.8 Å². The monoisotopic (exact) mass is 399 g/mol. The van der Waals surface area contributed by atoms with Crippen molar-refractivity contribution in [3.8, 4) is 0 Å². The minimum absolute atomic E-state index is 0.318. The zero-order valence-electron chi connectivity index (χ0n) is 14.9. The molecule has 3 heterocycles. The van der Waals surface area contributed by atoms with Gasteiger partial charge in [0.15, 0.2) is 0 Å². The number of benzene rings is 1. The molecule has 28 heavy (non-hydrogen) atoms. The van der Waals surface area contributed by atoms with Gasteiger partial charge >= 0.3 is 0 Å². The van der Waals surface area contributed by atoms with E-state index in [0.717, 1.165) is 29.8 Å². The summed E-state index contributed by atoms with van der Waals surface area (Å²) in [7, 11) is 0. The van der Waals surface area contributed by atoms with Crippen molar-refractivity contribution in [1.29, 1.82) is 0 Å². The van der Waals surface area contributed by atoms with E-state index < -0.39 is 11.8 Å². The van der Waals surface area contributed by atoms with Crippen molar-refractivity contribution < 1.29 is 14.3 Å². The molecule has 144 valence electrons. The van der Waals surface area contributed by atoms with Crippen LogP contribution in [0.15, 0.2) is 42.6 Å². The molecule has 1 fully saturated rings. The minimum atomic E-state index is -0.460. The SMILES string of the molecule is O=C(NNC(=O)c1cc2cc(Cl)ccc2[nH]1)c1ccc(N2CCOCC2)nc1. The molecule has 3 aromatic rings. The summed E-state index contributed by atoms with van der Waals surface area (Å²) < 4.78 is 5.32. The number of amides is 2. The van der Waals surface area contributed by atoms with Crippen LogP contribution >= 0.6 is 11.6 Å². The van der Waals surface area contributed by atoms with Gasteiger partial charge in [-0.05, 0) is 36.4 Å². The summed E-state index contributed by atoms with van der Waals surface area (Å²) in [5.74, 6) is -0.118. The number of anilines is 1. The third kappa shape index (κ3) is 3.92. The minimum Gasteiger partial charge on any atom is -0.378 e. The number of carbonyl (C=O) groups is 2. The van der Waals surface area contributed by atoms with Gasteiger partial charge < -0.3 is 14.6 Å². The summed E-state index contributed by atoms with van der Waals surface area (Å²) in [6, 6.07) is 10.4. The molecular weight excluding hydrogens is 382 g/mol. The number of morpholine rings is 1. The molecule has 1 saturated heterocycles. The predicted molar refractivity (Wildman–Crippen MR) is 106 cm³/mol. The van der Waals surface area contributed by atoms with Crippen molar-refractivity contribution in [3.63, 3.8) is 0 Å². The lowest BCUT2D eigenvalue weighted by molar-refractivity contribution is 0.0844. The number of fused-ring (bicyclic) bond motifs is 1. The van der Waals surface area contributed by atoms with Crippen molar-refractivity contribution >= 4 is 40.1 Å². The Morgan fingerprint density at radius 3 is 2.61 bits per heavy atom. The Hall–Kier alpha value is -3.10. The van der Waals surface area contributed by atoms with E-state index >= 15 is 0 Å². The predicted octanol–water partition coefficient (Wildman–Crippen LogP) is 2.13. The summed E-state index contributed by atoms with van der Waals surface area (Å²) in [5, 5.41) is 1.40. The van der Waals surface area contributed by atoms with Gasteiger partial charge in [-0.25, -0.2) is 4.98 Å². The first-order valence-electron chi connectivity index (χ1n) is 8.78. The molecule has 8 nitrogen and oxygen atoms in total. The molecule has 9 heteroatoms. The largest absolute Gasteiger partial charge is 0.378 e. The molecular formula is C19H18ClN5O3. The molecule has 0 bridgehead atoms. The van der Waals surface area contributed by atoms with Crippen LogP contribution in [0.5, 0.6) is 0 Å². The Bertz CT molecular complexity index is 1010. The van der Waals surface area contributed by atoms with Crippen LogP contribution in [-0.2, 0) is 4.74 Å². The number of H-pyrrole nitrogens is 1. The number of aromatic amines is 1. The van der Waals surface area contributed by atoms with Crippen LogP contribution < -0.4 is 15.8 Å². The molecule has 0 aliphatic carbocycles. The van der Waals surface area contributed by atoms with Crippen LogP contribution in [0.25, 0.3) is 10.9 Å². The molecule has 0 unspecified atom stereocenters. The highest BCUT2D eigenvalue weighted by molar-refractivity contribution is 6.31. The van der Waals surface area contributed by atoms with Gasteiger partial charge in [-0.1, -0.05) is 11.6 Å². The first-order chi connectivity index (χ1) is 13.6. The average molecular weight is 400 g/mol. The number of carbonyl (C=O) groups excluding carboxylic acids is 2. The molecule has 1 aromatic carbocycles. The fraction of sp³-hybridized carbons (Fsp3) is 0.211. The fourth-order valence-corrected chi connectivity index (χ4v) is 3.16. The van der Waals surface area contributed by atoms with Crippen LogP contribution in [0.3, 0.4) is 0 Å². The van der Waals surface area contributed by atoms with E-state index in [4.69, 9.17) is 16.3 Å². The molecule has 1 aliphatic heterocycles. The lowest BCUT2D eigenvalue weighted by Crippen LogP contribution is -2.41. The summed E-state index contributed by atoms with van der Waals surface area (Å²) in [5.41, 5.74) is 6.23. The van der Waals surface area contributed by atoms with Crippen LogP contribution in [0.4, 0.5) is 5.82 Å². The Morgan fingerprint density at radius 1 is 1.07 bits per heavy atom. The van der Waals surface area contributed by atoms with Crippen LogP contribution in [0.2, 0.25) is 5.02 Å².